The summed E-state index contributed by atoms with van der Waals surface area (Å²) >= 11 is 6.04. The molecular weight excluding hydrogens is 378 g/mol. The zero-order chi connectivity index (χ0) is 19.7. The number of anilines is 1. The maximum Gasteiger partial charge on any atom is 0.258 e. The van der Waals surface area contributed by atoms with Crippen molar-refractivity contribution in [1.29, 1.82) is 0 Å². The van der Waals surface area contributed by atoms with Gasteiger partial charge in [-0.15, -0.1) is 10.2 Å². The summed E-state index contributed by atoms with van der Waals surface area (Å²) in [5.74, 6) is 2.41. The number of pyridine rings is 1. The van der Waals surface area contributed by atoms with Gasteiger partial charge in [0.05, 0.1) is 6.04 Å². The lowest BCUT2D eigenvalue weighted by atomic mass is 10.2. The van der Waals surface area contributed by atoms with Crippen LogP contribution in [0.25, 0.3) is 22.8 Å². The van der Waals surface area contributed by atoms with E-state index in [4.69, 9.17) is 16.1 Å². The highest BCUT2D eigenvalue weighted by molar-refractivity contribution is 6.30. The molecule has 0 amide bonds. The van der Waals surface area contributed by atoms with E-state index in [-0.39, 0.29) is 6.04 Å². The molecule has 0 spiro atoms. The molecule has 28 heavy (non-hydrogen) atoms. The molecule has 1 aromatic carbocycles. The molecule has 0 aliphatic heterocycles. The molecule has 0 aliphatic rings. The van der Waals surface area contributed by atoms with E-state index in [1.807, 2.05) is 54.8 Å². The molecular formula is C19H18ClN7O. The first kappa shape index (κ1) is 18.1. The Morgan fingerprint density at radius 2 is 1.89 bits per heavy atom. The van der Waals surface area contributed by atoms with Gasteiger partial charge in [-0.25, -0.2) is 0 Å². The van der Waals surface area contributed by atoms with Gasteiger partial charge in [-0.1, -0.05) is 22.8 Å². The minimum Gasteiger partial charge on any atom is -0.334 e. The summed E-state index contributed by atoms with van der Waals surface area (Å²) in [6.45, 7) is 1.98. The number of nitrogens with zero attached hydrogens (tertiary/aromatic N) is 7. The van der Waals surface area contributed by atoms with E-state index in [0.717, 1.165) is 17.0 Å². The molecule has 4 aromatic rings. The van der Waals surface area contributed by atoms with E-state index in [0.29, 0.717) is 22.7 Å². The number of halogens is 1. The van der Waals surface area contributed by atoms with Crippen molar-refractivity contribution in [2.45, 2.75) is 13.0 Å². The van der Waals surface area contributed by atoms with Crippen LogP contribution in [0, 0.1) is 0 Å². The van der Waals surface area contributed by atoms with E-state index in [1.165, 1.54) is 0 Å². The second kappa shape index (κ2) is 7.40. The van der Waals surface area contributed by atoms with E-state index in [1.54, 1.807) is 24.5 Å². The molecule has 0 saturated carbocycles. The van der Waals surface area contributed by atoms with E-state index in [9.17, 15) is 0 Å². The third-order valence-corrected chi connectivity index (χ3v) is 4.81. The first-order valence-corrected chi connectivity index (χ1v) is 9.04. The van der Waals surface area contributed by atoms with Gasteiger partial charge in [-0.2, -0.15) is 4.98 Å². The largest absolute Gasteiger partial charge is 0.334 e. The summed E-state index contributed by atoms with van der Waals surface area (Å²) < 4.78 is 7.34. The van der Waals surface area contributed by atoms with Crippen LogP contribution in [0.2, 0.25) is 5.02 Å². The topological polar surface area (TPSA) is 85.8 Å². The van der Waals surface area contributed by atoms with Gasteiger partial charge in [0.2, 0.25) is 5.95 Å². The van der Waals surface area contributed by atoms with Crippen molar-refractivity contribution in [2.24, 2.45) is 7.05 Å². The van der Waals surface area contributed by atoms with Crippen molar-refractivity contribution < 1.29 is 4.52 Å². The lowest BCUT2D eigenvalue weighted by Crippen LogP contribution is -2.25. The molecule has 1 atom stereocenters. The molecule has 3 heterocycles. The van der Waals surface area contributed by atoms with Crippen LogP contribution in [0.3, 0.4) is 0 Å². The minimum absolute atomic E-state index is 0.176. The van der Waals surface area contributed by atoms with Crippen LogP contribution in [-0.2, 0) is 7.05 Å². The maximum absolute atomic E-state index is 6.04. The Bertz CT molecular complexity index is 1090. The summed E-state index contributed by atoms with van der Waals surface area (Å²) in [7, 11) is 3.84. The first-order chi connectivity index (χ1) is 13.5. The predicted octanol–water partition coefficient (Wildman–Crippen LogP) is 3.78. The summed E-state index contributed by atoms with van der Waals surface area (Å²) in [5, 5.41) is 13.4. The molecule has 0 bridgehead atoms. The van der Waals surface area contributed by atoms with Crippen LogP contribution in [0.1, 0.15) is 18.8 Å². The monoisotopic (exact) mass is 395 g/mol. The number of hydrogen-bond acceptors (Lipinski definition) is 7. The van der Waals surface area contributed by atoms with Gasteiger partial charge in [0.1, 0.15) is 0 Å². The highest BCUT2D eigenvalue weighted by atomic mass is 35.5. The van der Waals surface area contributed by atoms with Crippen LogP contribution in [0.15, 0.2) is 53.3 Å². The van der Waals surface area contributed by atoms with Crippen LogP contribution in [-0.4, -0.2) is 36.9 Å². The third kappa shape index (κ3) is 3.34. The first-order valence-electron chi connectivity index (χ1n) is 8.66. The van der Waals surface area contributed by atoms with Crippen molar-refractivity contribution in [3.05, 3.63) is 59.6 Å². The molecule has 9 heteroatoms. The average molecular weight is 396 g/mol. The van der Waals surface area contributed by atoms with Crippen molar-refractivity contribution in [1.82, 2.24) is 29.9 Å². The van der Waals surface area contributed by atoms with Crippen LogP contribution < -0.4 is 4.90 Å². The molecule has 3 aromatic heterocycles. The van der Waals surface area contributed by atoms with Crippen LogP contribution >= 0.6 is 11.6 Å². The molecule has 0 N–H and O–H groups in total. The molecule has 8 nitrogen and oxygen atoms in total. The molecule has 4 rings (SSSR count). The van der Waals surface area contributed by atoms with Crippen molar-refractivity contribution in [2.75, 3.05) is 11.9 Å². The second-order valence-electron chi connectivity index (χ2n) is 6.37. The number of benzene rings is 1. The van der Waals surface area contributed by atoms with Gasteiger partial charge in [0.25, 0.3) is 5.89 Å². The number of hydrogen-bond donors (Lipinski definition) is 0. The zero-order valence-corrected chi connectivity index (χ0v) is 16.4. The van der Waals surface area contributed by atoms with Gasteiger partial charge in [-0.05, 0) is 37.3 Å². The highest BCUT2D eigenvalue weighted by Crippen LogP contribution is 2.27. The SMILES string of the molecule is CC(c1noc(-c2cccc(Cl)c2)n1)N(C)c1nnc(-c2ccncc2)n1C. The number of aromatic nitrogens is 6. The Hall–Kier alpha value is -3.26. The smallest absolute Gasteiger partial charge is 0.258 e. The van der Waals surface area contributed by atoms with Crippen molar-refractivity contribution in [3.8, 4) is 22.8 Å². The molecule has 142 valence electrons. The third-order valence-electron chi connectivity index (χ3n) is 4.57. The molecule has 0 aliphatic carbocycles. The van der Waals surface area contributed by atoms with Gasteiger partial charge in [0.15, 0.2) is 11.6 Å². The summed E-state index contributed by atoms with van der Waals surface area (Å²) in [5.41, 5.74) is 1.72. The normalized spacial score (nSPS) is 12.1. The minimum atomic E-state index is -0.176. The molecule has 0 saturated heterocycles. The Morgan fingerprint density at radius 1 is 1.11 bits per heavy atom. The van der Waals surface area contributed by atoms with Gasteiger partial charge in [-0.3, -0.25) is 9.55 Å². The van der Waals surface area contributed by atoms with Gasteiger partial charge < -0.3 is 9.42 Å². The Morgan fingerprint density at radius 3 is 2.64 bits per heavy atom. The lowest BCUT2D eigenvalue weighted by molar-refractivity contribution is 0.416. The zero-order valence-electron chi connectivity index (χ0n) is 15.6. The fourth-order valence-corrected chi connectivity index (χ4v) is 3.06. The van der Waals surface area contributed by atoms with E-state index >= 15 is 0 Å². The lowest BCUT2D eigenvalue weighted by Gasteiger charge is -2.22. The second-order valence-corrected chi connectivity index (χ2v) is 6.81. The summed E-state index contributed by atoms with van der Waals surface area (Å²) in [6.07, 6.45) is 3.46. The van der Waals surface area contributed by atoms with Crippen LogP contribution in [0.4, 0.5) is 5.95 Å². The quantitative estimate of drug-likeness (QED) is 0.508. The van der Waals surface area contributed by atoms with Crippen LogP contribution in [0.5, 0.6) is 0 Å². The van der Waals surface area contributed by atoms with Crippen molar-refractivity contribution >= 4 is 17.5 Å². The molecule has 0 fully saturated rings. The molecule has 0 radical (unpaired) electrons. The average Bonchev–Trinajstić information content (AvgIpc) is 3.35. The van der Waals surface area contributed by atoms with Gasteiger partial charge >= 0.3 is 0 Å². The molecule has 1 unspecified atom stereocenters. The van der Waals surface area contributed by atoms with Gasteiger partial charge in [0, 0.05) is 42.6 Å². The Kier molecular flexibility index (Phi) is 4.79. The van der Waals surface area contributed by atoms with Crippen molar-refractivity contribution in [3.63, 3.8) is 0 Å². The predicted molar refractivity (Wildman–Crippen MR) is 106 cm³/mol. The standard InChI is InChI=1S/C19H18ClN7O/c1-12(16-22-18(28-25-16)14-5-4-6-15(20)11-14)26(2)19-24-23-17(27(19)3)13-7-9-21-10-8-13/h4-12H,1-3H3. The summed E-state index contributed by atoms with van der Waals surface area (Å²) in [6, 6.07) is 10.9. The highest BCUT2D eigenvalue weighted by Gasteiger charge is 2.23. The number of rotatable bonds is 5. The van der Waals surface area contributed by atoms with E-state index < -0.39 is 0 Å². The fraction of sp³-hybridized carbons (Fsp3) is 0.211. The summed E-state index contributed by atoms with van der Waals surface area (Å²) in [4.78, 5) is 10.5. The van der Waals surface area contributed by atoms with E-state index in [2.05, 4.69) is 25.3 Å². The maximum atomic E-state index is 6.04. The Labute approximate surface area is 166 Å². The fourth-order valence-electron chi connectivity index (χ4n) is 2.87. The Balaban J connectivity index is 1.59.